The van der Waals surface area contributed by atoms with Crippen molar-refractivity contribution >= 4 is 0 Å². The smallest absolute Gasteiger partial charge is 0.124 e. The molecule has 2 rings (SSSR count). The monoisotopic (exact) mass is 198 g/mol. The summed E-state index contributed by atoms with van der Waals surface area (Å²) in [4.78, 5) is 0. The first-order valence-corrected chi connectivity index (χ1v) is 5.33. The molecule has 0 saturated heterocycles. The van der Waals surface area contributed by atoms with Gasteiger partial charge in [-0.25, -0.2) is 0 Å². The Morgan fingerprint density at radius 2 is 2.21 bits per heavy atom. The molecular formula is C11H18O3. The zero-order valence-electron chi connectivity index (χ0n) is 8.66. The summed E-state index contributed by atoms with van der Waals surface area (Å²) < 4.78 is 10.7. The van der Waals surface area contributed by atoms with Crippen LogP contribution < -0.4 is 0 Å². The van der Waals surface area contributed by atoms with E-state index in [9.17, 15) is 5.11 Å². The van der Waals surface area contributed by atoms with Crippen LogP contribution >= 0.6 is 0 Å². The second-order valence-electron chi connectivity index (χ2n) is 4.17. The summed E-state index contributed by atoms with van der Waals surface area (Å²) >= 11 is 0. The van der Waals surface area contributed by atoms with E-state index >= 15 is 0 Å². The molecule has 14 heavy (non-hydrogen) atoms. The van der Waals surface area contributed by atoms with Crippen LogP contribution in [-0.4, -0.2) is 30.5 Å². The molecule has 0 aromatic heterocycles. The average Bonchev–Trinajstić information content (AvgIpc) is 2.72. The number of hydrogen-bond donors (Lipinski definition) is 1. The van der Waals surface area contributed by atoms with E-state index in [2.05, 4.69) is 0 Å². The molecule has 3 heteroatoms. The third kappa shape index (κ3) is 1.79. The minimum Gasteiger partial charge on any atom is -0.495 e. The van der Waals surface area contributed by atoms with E-state index in [-0.39, 0.29) is 0 Å². The zero-order valence-corrected chi connectivity index (χ0v) is 8.66. The van der Waals surface area contributed by atoms with Gasteiger partial charge < -0.3 is 14.6 Å². The second-order valence-corrected chi connectivity index (χ2v) is 4.17. The molecule has 1 heterocycles. The van der Waals surface area contributed by atoms with Gasteiger partial charge in [0.05, 0.1) is 12.7 Å². The second kappa shape index (κ2) is 3.91. The van der Waals surface area contributed by atoms with Crippen LogP contribution in [0, 0.1) is 0 Å². The molecule has 0 aromatic rings. The third-order valence-corrected chi connectivity index (χ3v) is 3.26. The maximum Gasteiger partial charge on any atom is 0.124 e. The van der Waals surface area contributed by atoms with E-state index in [4.69, 9.17) is 9.47 Å². The molecule has 0 atom stereocenters. The minimum atomic E-state index is -0.703. The van der Waals surface area contributed by atoms with Crippen molar-refractivity contribution in [2.75, 3.05) is 13.7 Å². The molecule has 1 aliphatic heterocycles. The number of ether oxygens (including phenoxy) is 2. The molecule has 1 N–H and O–H groups in total. The summed E-state index contributed by atoms with van der Waals surface area (Å²) in [6.45, 7) is 0.728. The van der Waals surface area contributed by atoms with Crippen molar-refractivity contribution in [1.29, 1.82) is 0 Å². The van der Waals surface area contributed by atoms with Gasteiger partial charge in [-0.3, -0.25) is 0 Å². The number of hydrogen-bond acceptors (Lipinski definition) is 3. The van der Waals surface area contributed by atoms with Crippen molar-refractivity contribution in [2.24, 2.45) is 0 Å². The topological polar surface area (TPSA) is 38.7 Å². The highest BCUT2D eigenvalue weighted by atomic mass is 16.5. The summed E-state index contributed by atoms with van der Waals surface area (Å²) in [6.07, 6.45) is 6.64. The molecule has 0 spiro atoms. The molecule has 0 aromatic carbocycles. The van der Waals surface area contributed by atoms with Crippen molar-refractivity contribution in [3.8, 4) is 0 Å². The van der Waals surface area contributed by atoms with Crippen LogP contribution in [0.5, 0.6) is 0 Å². The van der Waals surface area contributed by atoms with Gasteiger partial charge in [-0.15, -0.1) is 0 Å². The van der Waals surface area contributed by atoms with E-state index in [1.54, 1.807) is 7.11 Å². The van der Waals surface area contributed by atoms with Crippen molar-refractivity contribution in [1.82, 2.24) is 0 Å². The summed E-state index contributed by atoms with van der Waals surface area (Å²) in [5.74, 6) is 0.798. The van der Waals surface area contributed by atoms with Crippen LogP contribution in [0.4, 0.5) is 0 Å². The number of aliphatic hydroxyl groups is 1. The average molecular weight is 198 g/mol. The maximum atomic E-state index is 10.3. The van der Waals surface area contributed by atoms with Gasteiger partial charge >= 0.3 is 0 Å². The Morgan fingerprint density at radius 3 is 2.71 bits per heavy atom. The van der Waals surface area contributed by atoms with E-state index in [1.807, 2.05) is 6.08 Å². The highest BCUT2D eigenvalue weighted by molar-refractivity contribution is 5.14. The van der Waals surface area contributed by atoms with E-state index < -0.39 is 5.60 Å². The molecule has 2 aliphatic rings. The van der Waals surface area contributed by atoms with E-state index in [1.165, 1.54) is 0 Å². The van der Waals surface area contributed by atoms with Gasteiger partial charge in [0.2, 0.25) is 0 Å². The molecule has 1 fully saturated rings. The first-order chi connectivity index (χ1) is 6.74. The van der Waals surface area contributed by atoms with E-state index in [0.717, 1.165) is 44.5 Å². The third-order valence-electron chi connectivity index (χ3n) is 3.26. The summed E-state index contributed by atoms with van der Waals surface area (Å²) in [6, 6.07) is 0. The highest BCUT2D eigenvalue weighted by Gasteiger charge is 2.38. The van der Waals surface area contributed by atoms with Gasteiger partial charge in [0, 0.05) is 13.5 Å². The lowest BCUT2D eigenvalue weighted by Crippen LogP contribution is -2.38. The fourth-order valence-corrected chi connectivity index (χ4v) is 2.29. The standard InChI is InChI=1S/C11H18O3/c1-13-9-4-6-11(12,7-5-9)10-3-2-8-14-10/h3,9,12H,2,4-8H2,1H3. The predicted octanol–water partition coefficient (Wildman–Crippen LogP) is 1.61. The molecule has 3 nitrogen and oxygen atoms in total. The maximum absolute atomic E-state index is 10.3. The van der Waals surface area contributed by atoms with Crippen LogP contribution in [0.3, 0.4) is 0 Å². The minimum absolute atomic E-state index is 0.317. The molecule has 0 amide bonds. The van der Waals surface area contributed by atoms with Gasteiger partial charge in [-0.05, 0) is 31.8 Å². The van der Waals surface area contributed by atoms with Crippen LogP contribution in [-0.2, 0) is 9.47 Å². The lowest BCUT2D eigenvalue weighted by Gasteiger charge is -2.35. The molecule has 0 bridgehead atoms. The lowest BCUT2D eigenvalue weighted by atomic mass is 9.82. The molecular weight excluding hydrogens is 180 g/mol. The summed E-state index contributed by atoms with van der Waals surface area (Å²) in [5, 5.41) is 10.3. The lowest BCUT2D eigenvalue weighted by molar-refractivity contribution is -0.0481. The zero-order chi connectivity index (χ0) is 10.0. The highest BCUT2D eigenvalue weighted by Crippen LogP contribution is 2.37. The number of rotatable bonds is 2. The Labute approximate surface area is 84.7 Å². The normalized spacial score (nSPS) is 37.9. The molecule has 0 unspecified atom stereocenters. The first kappa shape index (κ1) is 9.99. The SMILES string of the molecule is COC1CCC(O)(C2=CCCO2)CC1. The quantitative estimate of drug-likeness (QED) is 0.732. The van der Waals surface area contributed by atoms with Crippen molar-refractivity contribution in [2.45, 2.75) is 43.8 Å². The van der Waals surface area contributed by atoms with Crippen molar-refractivity contribution < 1.29 is 14.6 Å². The van der Waals surface area contributed by atoms with Crippen LogP contribution in [0.25, 0.3) is 0 Å². The van der Waals surface area contributed by atoms with Crippen LogP contribution in [0.1, 0.15) is 32.1 Å². The predicted molar refractivity (Wildman–Crippen MR) is 52.9 cm³/mol. The van der Waals surface area contributed by atoms with Crippen molar-refractivity contribution in [3.63, 3.8) is 0 Å². The Hall–Kier alpha value is -0.540. The summed E-state index contributed by atoms with van der Waals surface area (Å²) in [7, 11) is 1.74. The van der Waals surface area contributed by atoms with Crippen LogP contribution in [0.15, 0.2) is 11.8 Å². The Morgan fingerprint density at radius 1 is 1.50 bits per heavy atom. The Bertz CT molecular complexity index is 227. The molecule has 1 aliphatic carbocycles. The van der Waals surface area contributed by atoms with E-state index in [0.29, 0.717) is 6.10 Å². The van der Waals surface area contributed by atoms with Gasteiger partial charge in [-0.1, -0.05) is 0 Å². The molecule has 1 saturated carbocycles. The van der Waals surface area contributed by atoms with Gasteiger partial charge in [-0.2, -0.15) is 0 Å². The Kier molecular flexibility index (Phi) is 2.79. The fraction of sp³-hybridized carbons (Fsp3) is 0.818. The fourth-order valence-electron chi connectivity index (χ4n) is 2.29. The largest absolute Gasteiger partial charge is 0.495 e. The van der Waals surface area contributed by atoms with Crippen LogP contribution in [0.2, 0.25) is 0 Å². The number of methoxy groups -OCH3 is 1. The first-order valence-electron chi connectivity index (χ1n) is 5.33. The van der Waals surface area contributed by atoms with Gasteiger partial charge in [0.25, 0.3) is 0 Å². The van der Waals surface area contributed by atoms with Crippen molar-refractivity contribution in [3.05, 3.63) is 11.8 Å². The van der Waals surface area contributed by atoms with Gasteiger partial charge in [0.15, 0.2) is 0 Å². The molecule has 0 radical (unpaired) electrons. The molecule has 80 valence electrons. The summed E-state index contributed by atoms with van der Waals surface area (Å²) in [5.41, 5.74) is -0.703. The Balaban J connectivity index is 1.97. The van der Waals surface area contributed by atoms with Gasteiger partial charge in [0.1, 0.15) is 11.4 Å².